The van der Waals surface area contributed by atoms with Crippen LogP contribution in [0.3, 0.4) is 0 Å². The van der Waals surface area contributed by atoms with E-state index in [0.29, 0.717) is 17.9 Å². The third-order valence-electron chi connectivity index (χ3n) is 7.08. The highest BCUT2D eigenvalue weighted by Gasteiger charge is 2.27. The van der Waals surface area contributed by atoms with E-state index in [1.807, 2.05) is 60.7 Å². The number of esters is 1. The number of fused-ring (bicyclic) bond motifs is 2. The maximum Gasteiger partial charge on any atom is 0.422 e. The van der Waals surface area contributed by atoms with Gasteiger partial charge >= 0.3 is 18.2 Å². The first-order valence-electron chi connectivity index (χ1n) is 18.0. The second kappa shape index (κ2) is 18.5. The molecule has 0 saturated carbocycles. The second-order valence-corrected chi connectivity index (χ2v) is 16.0. The van der Waals surface area contributed by atoms with Gasteiger partial charge in [0, 0.05) is 17.2 Å². The van der Waals surface area contributed by atoms with Gasteiger partial charge in [-0.1, -0.05) is 83.9 Å². The van der Waals surface area contributed by atoms with Crippen LogP contribution in [0.2, 0.25) is 10.3 Å². The number of ether oxygens (including phenoxy) is 3. The molecule has 0 amide bonds. The zero-order valence-corrected chi connectivity index (χ0v) is 35.6. The maximum absolute atomic E-state index is 13.0. The number of benzene rings is 2. The number of halogens is 2. The highest BCUT2D eigenvalue weighted by Crippen LogP contribution is 2.28. The minimum Gasteiger partial charge on any atom is -0.457 e. The van der Waals surface area contributed by atoms with Crippen LogP contribution in [0.15, 0.2) is 79.9 Å². The molecule has 0 N–H and O–H groups in total. The van der Waals surface area contributed by atoms with Crippen molar-refractivity contribution in [2.75, 3.05) is 0 Å². The van der Waals surface area contributed by atoms with Gasteiger partial charge in [-0.3, -0.25) is 4.79 Å². The molecule has 2 aromatic carbocycles. The van der Waals surface area contributed by atoms with Crippen molar-refractivity contribution in [3.8, 4) is 22.8 Å². The lowest BCUT2D eigenvalue weighted by Crippen LogP contribution is -2.28. The molecule has 17 heteroatoms. The smallest absolute Gasteiger partial charge is 0.422 e. The number of nitrogens with zero attached hydrogens (tertiary/aromatic N) is 8. The first-order valence-corrected chi connectivity index (χ1v) is 18.8. The maximum atomic E-state index is 13.0. The summed E-state index contributed by atoms with van der Waals surface area (Å²) in [4.78, 5) is 74.9. The van der Waals surface area contributed by atoms with E-state index in [1.165, 1.54) is 16.7 Å². The number of aromatic nitrogens is 8. The fourth-order valence-corrected chi connectivity index (χ4v) is 5.37. The van der Waals surface area contributed by atoms with Crippen LogP contribution in [0.1, 0.15) is 78.8 Å². The Labute approximate surface area is 351 Å². The Hall–Kier alpha value is -6.32. The normalized spacial score (nSPS) is 11.6. The largest absolute Gasteiger partial charge is 0.457 e. The van der Waals surface area contributed by atoms with Gasteiger partial charge in [0.05, 0.1) is 0 Å². The number of hydrogen-bond donors (Lipinski definition) is 0. The molecule has 0 radical (unpaired) electrons. The molecule has 0 aliphatic rings. The molecule has 4 heterocycles. The number of imidazole rings is 2. The Morgan fingerprint density at radius 3 is 1.32 bits per heavy atom. The SMILES string of the molecule is C=C.CC(C)(C)OC(=O)/C=C/c1nc2c(Cl)nc(-c3ccccc3)nc2n1C(=O)OC(C)(C)C.CC(C)(C)OC(=O)n1c(C=O)nc2c(Cl)nc(-c3ccccc3)nc21. The van der Waals surface area contributed by atoms with Gasteiger partial charge in [0.2, 0.25) is 0 Å². The van der Waals surface area contributed by atoms with E-state index in [-0.39, 0.29) is 44.3 Å². The molecule has 308 valence electrons. The number of carbonyl (C=O) groups excluding carboxylic acids is 4. The fourth-order valence-electron chi connectivity index (χ4n) is 4.96. The first kappa shape index (κ1) is 45.4. The molecule has 6 aromatic rings. The topological polar surface area (TPSA) is 183 Å². The van der Waals surface area contributed by atoms with E-state index < -0.39 is 35.0 Å². The average Bonchev–Trinajstić information content (AvgIpc) is 3.73. The summed E-state index contributed by atoms with van der Waals surface area (Å²) in [6, 6.07) is 18.4. The minimum atomic E-state index is -0.765. The molecule has 0 fully saturated rings. The Kier molecular flexibility index (Phi) is 14.2. The third-order valence-corrected chi connectivity index (χ3v) is 7.60. The van der Waals surface area contributed by atoms with Crippen LogP contribution in [0.4, 0.5) is 9.59 Å². The Bertz CT molecular complexity index is 2520. The number of hydrogen-bond acceptors (Lipinski definition) is 13. The zero-order valence-electron chi connectivity index (χ0n) is 34.1. The first-order chi connectivity index (χ1) is 27.6. The van der Waals surface area contributed by atoms with E-state index in [2.05, 4.69) is 43.1 Å². The van der Waals surface area contributed by atoms with Gasteiger partial charge < -0.3 is 14.2 Å². The minimum absolute atomic E-state index is 0.0502. The van der Waals surface area contributed by atoms with E-state index in [4.69, 9.17) is 37.4 Å². The molecule has 0 aliphatic carbocycles. The summed E-state index contributed by atoms with van der Waals surface area (Å²) in [5, 5.41) is 0.123. The summed E-state index contributed by atoms with van der Waals surface area (Å²) in [5.74, 6) is 0.0328. The molecular formula is C42H44Cl2N8O7. The van der Waals surface area contributed by atoms with Crippen LogP contribution in [0, 0.1) is 0 Å². The lowest BCUT2D eigenvalue weighted by Gasteiger charge is -2.20. The van der Waals surface area contributed by atoms with Gasteiger partial charge in [0.25, 0.3) is 0 Å². The zero-order chi connectivity index (χ0) is 43.9. The lowest BCUT2D eigenvalue weighted by atomic mass is 10.2. The van der Waals surface area contributed by atoms with Crippen molar-refractivity contribution in [1.82, 2.24) is 39.0 Å². The summed E-state index contributed by atoms with van der Waals surface area (Å²) < 4.78 is 18.3. The van der Waals surface area contributed by atoms with Crippen LogP contribution in [0.25, 0.3) is 51.2 Å². The molecule has 4 aromatic heterocycles. The summed E-state index contributed by atoms with van der Waals surface area (Å²) in [5.41, 5.74) is -0.0692. The van der Waals surface area contributed by atoms with Crippen LogP contribution in [-0.4, -0.2) is 80.3 Å². The Balaban J connectivity index is 0.000000257. The highest BCUT2D eigenvalue weighted by molar-refractivity contribution is 6.34. The van der Waals surface area contributed by atoms with Gasteiger partial charge in [-0.15, -0.1) is 13.2 Å². The highest BCUT2D eigenvalue weighted by atomic mass is 35.5. The fraction of sp³-hybridized carbons (Fsp3) is 0.286. The van der Waals surface area contributed by atoms with Crippen molar-refractivity contribution in [3.63, 3.8) is 0 Å². The molecule has 0 unspecified atom stereocenters. The van der Waals surface area contributed by atoms with Crippen molar-refractivity contribution in [2.45, 2.75) is 79.1 Å². The standard InChI is InChI=1S/C23H25ClN4O4.C17H15ClN4O3.C2H4/c1-22(2,3)31-16(29)13-12-15-25-17-18(24)26-19(14-10-8-7-9-11-14)27-20(17)28(15)21(30)32-23(4,5)6;1-17(2,3)25-16(24)22-11(9-23)19-12-13(18)20-14(21-15(12)22)10-7-5-4-6-8-10;1-2/h7-13H,1-6H3;4-9H,1-3H3;1-2H2/b13-12+;;. The predicted octanol–water partition coefficient (Wildman–Crippen LogP) is 9.83. The Morgan fingerprint density at radius 2 is 0.949 bits per heavy atom. The average molecular weight is 844 g/mol. The van der Waals surface area contributed by atoms with Crippen molar-refractivity contribution in [2.24, 2.45) is 0 Å². The number of carbonyl (C=O) groups is 4. The van der Waals surface area contributed by atoms with Crippen molar-refractivity contribution in [1.29, 1.82) is 0 Å². The summed E-state index contributed by atoms with van der Waals surface area (Å²) in [6.07, 6.45) is 1.53. The van der Waals surface area contributed by atoms with Crippen molar-refractivity contribution < 1.29 is 33.4 Å². The molecular weight excluding hydrogens is 799 g/mol. The quantitative estimate of drug-likeness (QED) is 0.0399. The van der Waals surface area contributed by atoms with Crippen LogP contribution in [-0.2, 0) is 19.0 Å². The molecule has 0 spiro atoms. The molecule has 6 rings (SSSR count). The van der Waals surface area contributed by atoms with E-state index in [9.17, 15) is 19.2 Å². The molecule has 0 atom stereocenters. The van der Waals surface area contributed by atoms with Crippen molar-refractivity contribution >= 4 is 76.0 Å². The van der Waals surface area contributed by atoms with Gasteiger partial charge in [-0.25, -0.2) is 53.4 Å². The van der Waals surface area contributed by atoms with Gasteiger partial charge in [0.1, 0.15) is 33.7 Å². The van der Waals surface area contributed by atoms with E-state index in [0.717, 1.165) is 15.7 Å². The molecule has 0 saturated heterocycles. The summed E-state index contributed by atoms with van der Waals surface area (Å²) in [7, 11) is 0. The van der Waals surface area contributed by atoms with E-state index in [1.54, 1.807) is 62.3 Å². The monoisotopic (exact) mass is 842 g/mol. The summed E-state index contributed by atoms with van der Waals surface area (Å²) >= 11 is 12.6. The van der Waals surface area contributed by atoms with Crippen LogP contribution >= 0.6 is 23.2 Å². The van der Waals surface area contributed by atoms with Crippen LogP contribution in [0.5, 0.6) is 0 Å². The predicted molar refractivity (Wildman–Crippen MR) is 226 cm³/mol. The molecule has 15 nitrogen and oxygen atoms in total. The van der Waals surface area contributed by atoms with Crippen molar-refractivity contribution in [3.05, 3.63) is 102 Å². The van der Waals surface area contributed by atoms with Gasteiger partial charge in [-0.05, 0) is 68.4 Å². The number of rotatable bonds is 5. The second-order valence-electron chi connectivity index (χ2n) is 15.3. The van der Waals surface area contributed by atoms with Gasteiger partial charge in [-0.2, -0.15) is 0 Å². The molecule has 0 bridgehead atoms. The van der Waals surface area contributed by atoms with Gasteiger partial charge in [0.15, 0.2) is 45.4 Å². The summed E-state index contributed by atoms with van der Waals surface area (Å²) in [6.45, 7) is 21.7. The number of aldehydes is 1. The third kappa shape index (κ3) is 11.9. The van der Waals surface area contributed by atoms with Crippen LogP contribution < -0.4 is 0 Å². The molecule has 59 heavy (non-hydrogen) atoms. The van der Waals surface area contributed by atoms with E-state index >= 15 is 0 Å². The lowest BCUT2D eigenvalue weighted by molar-refractivity contribution is -0.148. The Morgan fingerprint density at radius 1 is 0.576 bits per heavy atom. The molecule has 0 aliphatic heterocycles.